The molecule has 0 bridgehead atoms. The number of benzene rings is 1. The van der Waals surface area contributed by atoms with Crippen molar-refractivity contribution in [2.75, 3.05) is 13.9 Å². The van der Waals surface area contributed by atoms with Crippen molar-refractivity contribution in [3.05, 3.63) is 29.3 Å². The van der Waals surface area contributed by atoms with Crippen molar-refractivity contribution in [2.24, 2.45) is 0 Å². The highest BCUT2D eigenvalue weighted by atomic mass is 19.4. The van der Waals surface area contributed by atoms with Gasteiger partial charge in [0.1, 0.15) is 5.75 Å². The summed E-state index contributed by atoms with van der Waals surface area (Å²) in [5.41, 5.74) is -0.825. The van der Waals surface area contributed by atoms with E-state index in [0.29, 0.717) is 6.29 Å². The molecule has 1 aromatic rings. The van der Waals surface area contributed by atoms with Crippen molar-refractivity contribution < 1.29 is 27.4 Å². The Balaban J connectivity index is 3.06. The minimum Gasteiger partial charge on any atom is -0.467 e. The van der Waals surface area contributed by atoms with Crippen LogP contribution in [-0.4, -0.2) is 20.2 Å². The number of methoxy groups -OCH3 is 1. The molecular weight excluding hydrogens is 225 g/mol. The maximum absolute atomic E-state index is 12.4. The van der Waals surface area contributed by atoms with Gasteiger partial charge in [-0.1, -0.05) is 0 Å². The third-order valence-electron chi connectivity index (χ3n) is 1.80. The van der Waals surface area contributed by atoms with Crippen molar-refractivity contribution in [3.8, 4) is 5.75 Å². The fourth-order valence-electron chi connectivity index (χ4n) is 1.06. The summed E-state index contributed by atoms with van der Waals surface area (Å²) < 4.78 is 46.5. The molecular formula is C10H9F3O3. The zero-order valence-electron chi connectivity index (χ0n) is 8.38. The molecule has 0 aliphatic carbocycles. The molecule has 0 saturated heterocycles. The zero-order chi connectivity index (χ0) is 12.2. The van der Waals surface area contributed by atoms with E-state index < -0.39 is 11.7 Å². The Kier molecular flexibility index (Phi) is 3.89. The lowest BCUT2D eigenvalue weighted by Gasteiger charge is -2.11. The highest BCUT2D eigenvalue weighted by molar-refractivity contribution is 5.79. The summed E-state index contributed by atoms with van der Waals surface area (Å²) in [6, 6.07) is 2.65. The molecule has 3 nitrogen and oxygen atoms in total. The van der Waals surface area contributed by atoms with E-state index in [-0.39, 0.29) is 18.1 Å². The van der Waals surface area contributed by atoms with E-state index >= 15 is 0 Å². The first-order chi connectivity index (χ1) is 7.49. The summed E-state index contributed by atoms with van der Waals surface area (Å²) in [7, 11) is 1.33. The second-order valence-corrected chi connectivity index (χ2v) is 2.92. The van der Waals surface area contributed by atoms with Gasteiger partial charge in [-0.25, -0.2) is 0 Å². The van der Waals surface area contributed by atoms with Crippen molar-refractivity contribution in [1.29, 1.82) is 0 Å². The molecule has 16 heavy (non-hydrogen) atoms. The van der Waals surface area contributed by atoms with E-state index in [9.17, 15) is 18.0 Å². The smallest absolute Gasteiger partial charge is 0.416 e. The number of aldehydes is 1. The van der Waals surface area contributed by atoms with E-state index in [1.807, 2.05) is 0 Å². The topological polar surface area (TPSA) is 35.5 Å². The average molecular weight is 234 g/mol. The number of rotatable bonds is 4. The number of alkyl halides is 3. The van der Waals surface area contributed by atoms with Gasteiger partial charge < -0.3 is 9.47 Å². The van der Waals surface area contributed by atoms with E-state index in [2.05, 4.69) is 4.74 Å². The van der Waals surface area contributed by atoms with Crippen LogP contribution in [-0.2, 0) is 10.9 Å². The fraction of sp³-hybridized carbons (Fsp3) is 0.300. The molecule has 0 spiro atoms. The molecule has 0 aliphatic heterocycles. The summed E-state index contributed by atoms with van der Waals surface area (Å²) in [6.45, 7) is -0.220. The molecule has 0 saturated carbocycles. The Bertz CT molecular complexity index is 374. The second-order valence-electron chi connectivity index (χ2n) is 2.92. The van der Waals surface area contributed by atoms with E-state index in [0.717, 1.165) is 18.2 Å². The van der Waals surface area contributed by atoms with Gasteiger partial charge in [0, 0.05) is 7.11 Å². The van der Waals surface area contributed by atoms with Crippen LogP contribution in [0.5, 0.6) is 5.75 Å². The van der Waals surface area contributed by atoms with Crippen LogP contribution in [0.15, 0.2) is 18.2 Å². The first-order valence-electron chi connectivity index (χ1n) is 4.27. The van der Waals surface area contributed by atoms with Crippen LogP contribution in [0.4, 0.5) is 13.2 Å². The number of carbonyl (C=O) groups excluding carboxylic acids is 1. The average Bonchev–Trinajstić information content (AvgIpc) is 2.24. The Labute approximate surface area is 89.8 Å². The number of carbonyl (C=O) groups is 1. The first-order valence-corrected chi connectivity index (χ1v) is 4.27. The van der Waals surface area contributed by atoms with Gasteiger partial charge in [-0.05, 0) is 18.2 Å². The van der Waals surface area contributed by atoms with Crippen LogP contribution < -0.4 is 4.74 Å². The molecule has 0 atom stereocenters. The van der Waals surface area contributed by atoms with Gasteiger partial charge in [0.05, 0.1) is 11.1 Å². The molecule has 1 rings (SSSR count). The van der Waals surface area contributed by atoms with Gasteiger partial charge >= 0.3 is 6.18 Å². The van der Waals surface area contributed by atoms with Crippen LogP contribution in [0, 0.1) is 0 Å². The van der Waals surface area contributed by atoms with Gasteiger partial charge in [0.15, 0.2) is 13.1 Å². The Morgan fingerprint density at radius 1 is 1.38 bits per heavy atom. The molecule has 6 heteroatoms. The maximum atomic E-state index is 12.4. The molecule has 1 aromatic carbocycles. The Morgan fingerprint density at radius 2 is 2.06 bits per heavy atom. The van der Waals surface area contributed by atoms with Crippen LogP contribution in [0.2, 0.25) is 0 Å². The van der Waals surface area contributed by atoms with Gasteiger partial charge in [0.25, 0.3) is 0 Å². The highest BCUT2D eigenvalue weighted by Gasteiger charge is 2.31. The SMILES string of the molecule is COCOc1cc(C(F)(F)F)ccc1C=O. The third kappa shape index (κ3) is 2.96. The van der Waals surface area contributed by atoms with Gasteiger partial charge in [-0.2, -0.15) is 13.2 Å². The second kappa shape index (κ2) is 4.98. The number of hydrogen-bond donors (Lipinski definition) is 0. The maximum Gasteiger partial charge on any atom is 0.416 e. The molecule has 88 valence electrons. The van der Waals surface area contributed by atoms with Crippen molar-refractivity contribution in [3.63, 3.8) is 0 Å². The lowest BCUT2D eigenvalue weighted by atomic mass is 10.1. The van der Waals surface area contributed by atoms with E-state index in [4.69, 9.17) is 4.74 Å². The van der Waals surface area contributed by atoms with Gasteiger partial charge in [0.2, 0.25) is 0 Å². The minimum absolute atomic E-state index is 0.0463. The Hall–Kier alpha value is -1.56. The quantitative estimate of drug-likeness (QED) is 0.593. The van der Waals surface area contributed by atoms with Crippen LogP contribution in [0.3, 0.4) is 0 Å². The molecule has 0 fully saturated rings. The lowest BCUT2D eigenvalue weighted by molar-refractivity contribution is -0.137. The van der Waals surface area contributed by atoms with Crippen LogP contribution in [0.25, 0.3) is 0 Å². The molecule has 0 N–H and O–H groups in total. The summed E-state index contributed by atoms with van der Waals surface area (Å²) >= 11 is 0. The van der Waals surface area contributed by atoms with E-state index in [1.54, 1.807) is 0 Å². The number of ether oxygens (including phenoxy) is 2. The predicted octanol–water partition coefficient (Wildman–Crippen LogP) is 2.50. The van der Waals surface area contributed by atoms with Gasteiger partial charge in [-0.3, -0.25) is 4.79 Å². The van der Waals surface area contributed by atoms with E-state index in [1.165, 1.54) is 7.11 Å². The summed E-state index contributed by atoms with van der Waals surface area (Å²) in [6.07, 6.45) is -4.04. The summed E-state index contributed by atoms with van der Waals surface area (Å²) in [5.74, 6) is -0.147. The van der Waals surface area contributed by atoms with Crippen LogP contribution in [0.1, 0.15) is 15.9 Å². The lowest BCUT2D eigenvalue weighted by Crippen LogP contribution is -2.07. The molecule has 0 radical (unpaired) electrons. The van der Waals surface area contributed by atoms with Gasteiger partial charge in [-0.15, -0.1) is 0 Å². The van der Waals surface area contributed by atoms with Crippen molar-refractivity contribution >= 4 is 6.29 Å². The Morgan fingerprint density at radius 3 is 2.56 bits per heavy atom. The third-order valence-corrected chi connectivity index (χ3v) is 1.80. The minimum atomic E-state index is -4.47. The largest absolute Gasteiger partial charge is 0.467 e. The summed E-state index contributed by atoms with van der Waals surface area (Å²) in [4.78, 5) is 10.5. The molecule has 0 amide bonds. The fourth-order valence-corrected chi connectivity index (χ4v) is 1.06. The molecule has 0 aliphatic rings. The monoisotopic (exact) mass is 234 g/mol. The van der Waals surface area contributed by atoms with Crippen molar-refractivity contribution in [2.45, 2.75) is 6.18 Å². The summed E-state index contributed by atoms with van der Waals surface area (Å²) in [5, 5.41) is 0. The number of hydrogen-bond acceptors (Lipinski definition) is 3. The normalized spacial score (nSPS) is 11.2. The molecule has 0 heterocycles. The molecule has 0 aromatic heterocycles. The molecule has 0 unspecified atom stereocenters. The predicted molar refractivity (Wildman–Crippen MR) is 49.3 cm³/mol. The zero-order valence-corrected chi connectivity index (χ0v) is 8.38. The first kappa shape index (κ1) is 12.5. The number of halogens is 3. The highest BCUT2D eigenvalue weighted by Crippen LogP contribution is 2.32. The van der Waals surface area contributed by atoms with Crippen molar-refractivity contribution in [1.82, 2.24) is 0 Å². The standard InChI is InChI=1S/C10H9F3O3/c1-15-6-16-9-4-8(10(11,12)13)3-2-7(9)5-14/h2-5H,6H2,1H3. The van der Waals surface area contributed by atoms with Crippen LogP contribution >= 0.6 is 0 Å².